The Morgan fingerprint density at radius 3 is 2.19 bits per heavy atom. The lowest BCUT2D eigenvalue weighted by atomic mass is 9.78. The van der Waals surface area contributed by atoms with Crippen molar-refractivity contribution in [3.8, 4) is 11.5 Å². The maximum atomic E-state index is 13.7. The van der Waals surface area contributed by atoms with Gasteiger partial charge in [0.05, 0.1) is 18.8 Å². The van der Waals surface area contributed by atoms with Gasteiger partial charge in [0.15, 0.2) is 0 Å². The summed E-state index contributed by atoms with van der Waals surface area (Å²) in [5.74, 6) is 0.758. The fourth-order valence-electron chi connectivity index (χ4n) is 6.78. The highest BCUT2D eigenvalue weighted by atomic mass is 35.5. The average Bonchev–Trinajstić information content (AvgIpc) is 3.03. The summed E-state index contributed by atoms with van der Waals surface area (Å²) >= 11 is 0. The first-order valence-corrected chi connectivity index (χ1v) is 15.3. The number of piperazine rings is 1. The van der Waals surface area contributed by atoms with Crippen molar-refractivity contribution < 1.29 is 29.0 Å². The van der Waals surface area contributed by atoms with E-state index in [0.29, 0.717) is 49.5 Å². The van der Waals surface area contributed by atoms with Gasteiger partial charge in [-0.1, -0.05) is 38.3 Å². The molecule has 234 valence electrons. The van der Waals surface area contributed by atoms with E-state index in [1.165, 1.54) is 13.5 Å². The van der Waals surface area contributed by atoms with Crippen LogP contribution in [0.25, 0.3) is 0 Å². The Morgan fingerprint density at radius 2 is 1.60 bits per heavy atom. The Hall–Kier alpha value is -3.14. The highest BCUT2D eigenvalue weighted by Crippen LogP contribution is 2.36. The van der Waals surface area contributed by atoms with Gasteiger partial charge in [0.2, 0.25) is 11.8 Å². The second-order valence-corrected chi connectivity index (χ2v) is 11.9. The number of benzene rings is 2. The molecule has 0 radical (unpaired) electrons. The third-order valence-corrected chi connectivity index (χ3v) is 9.20. The third kappa shape index (κ3) is 7.16. The second-order valence-electron chi connectivity index (χ2n) is 11.9. The topological polar surface area (TPSA) is 108 Å². The molecule has 2 N–H and O–H groups in total. The number of methoxy groups -OCH3 is 1. The van der Waals surface area contributed by atoms with E-state index in [9.17, 15) is 19.5 Å². The summed E-state index contributed by atoms with van der Waals surface area (Å²) < 4.78 is 10.7. The summed E-state index contributed by atoms with van der Waals surface area (Å²) in [4.78, 5) is 43.1. The van der Waals surface area contributed by atoms with Crippen molar-refractivity contribution >= 4 is 30.2 Å². The minimum Gasteiger partial charge on any atom is -0.465 e. The number of piperidine rings is 1. The highest BCUT2D eigenvalue weighted by molar-refractivity contribution is 6.00. The number of nitrogens with one attached hydrogen (secondary N) is 1. The maximum Gasteiger partial charge on any atom is 0.337 e. The van der Waals surface area contributed by atoms with Gasteiger partial charge in [-0.2, -0.15) is 0 Å². The summed E-state index contributed by atoms with van der Waals surface area (Å²) in [6.07, 6.45) is 6.19. The standard InChI is InChI=1S/C33H43N3O6.ClH/c1-3-19-36-30(38)28(29(37)24-7-5-4-6-8-24)34-32(40)33(36)17-20-35(21-18-33)22-23-9-13-26(14-10-23)42-27-15-11-25(12-16-27)31(39)41-2;/h9-16,24,28-29,37H,3-8,17-22H2,1-2H3,(H,34,40);1H/t28-,29-;/m1./s1. The Bertz CT molecular complexity index is 1240. The lowest BCUT2D eigenvalue weighted by molar-refractivity contribution is -0.165. The molecular formula is C33H44ClN3O6. The summed E-state index contributed by atoms with van der Waals surface area (Å²) in [7, 11) is 1.35. The molecule has 5 rings (SSSR count). The van der Waals surface area contributed by atoms with Crippen LogP contribution < -0.4 is 10.1 Å². The van der Waals surface area contributed by atoms with Crippen LogP contribution in [0.4, 0.5) is 0 Å². The molecule has 2 aromatic rings. The van der Waals surface area contributed by atoms with Gasteiger partial charge in [-0.15, -0.1) is 12.4 Å². The number of hydrogen-bond donors (Lipinski definition) is 2. The van der Waals surface area contributed by atoms with E-state index in [2.05, 4.69) is 10.2 Å². The molecule has 9 nitrogen and oxygen atoms in total. The van der Waals surface area contributed by atoms with Gasteiger partial charge in [-0.25, -0.2) is 4.79 Å². The summed E-state index contributed by atoms with van der Waals surface area (Å²) in [6, 6.07) is 13.8. The van der Waals surface area contributed by atoms with Crippen molar-refractivity contribution in [1.29, 1.82) is 0 Å². The Kier molecular flexibility index (Phi) is 11.1. The van der Waals surface area contributed by atoms with E-state index in [4.69, 9.17) is 9.47 Å². The van der Waals surface area contributed by atoms with Crippen LogP contribution >= 0.6 is 12.4 Å². The number of likely N-dealkylation sites (tertiary alicyclic amines) is 1. The maximum absolute atomic E-state index is 13.7. The van der Waals surface area contributed by atoms with Crippen molar-refractivity contribution in [3.63, 3.8) is 0 Å². The molecule has 0 aromatic heterocycles. The number of carbonyl (C=O) groups excluding carboxylic acids is 3. The quantitative estimate of drug-likeness (QED) is 0.395. The molecule has 3 fully saturated rings. The molecular weight excluding hydrogens is 570 g/mol. The Morgan fingerprint density at radius 1 is 1.00 bits per heavy atom. The fraction of sp³-hybridized carbons (Fsp3) is 0.545. The van der Waals surface area contributed by atoms with Crippen LogP contribution in [0.3, 0.4) is 0 Å². The number of esters is 1. The van der Waals surface area contributed by atoms with Crippen LogP contribution in [0.15, 0.2) is 48.5 Å². The van der Waals surface area contributed by atoms with Crippen molar-refractivity contribution in [2.75, 3.05) is 26.7 Å². The Labute approximate surface area is 260 Å². The van der Waals surface area contributed by atoms with Gasteiger partial charge < -0.3 is 24.8 Å². The number of hydrogen-bond acceptors (Lipinski definition) is 7. The fourth-order valence-corrected chi connectivity index (χ4v) is 6.78. The van der Waals surface area contributed by atoms with Crippen LogP contribution in [0.2, 0.25) is 0 Å². The number of rotatable bonds is 9. The number of aliphatic hydroxyl groups is 1. The lowest BCUT2D eigenvalue weighted by Crippen LogP contribution is -2.75. The van der Waals surface area contributed by atoms with E-state index >= 15 is 0 Å². The molecule has 2 atom stereocenters. The number of halogens is 1. The number of aliphatic hydroxyl groups excluding tert-OH is 1. The van der Waals surface area contributed by atoms with E-state index < -0.39 is 17.7 Å². The van der Waals surface area contributed by atoms with Crippen molar-refractivity contribution in [1.82, 2.24) is 15.1 Å². The van der Waals surface area contributed by atoms with Gasteiger partial charge in [0, 0.05) is 26.2 Å². The zero-order valence-corrected chi connectivity index (χ0v) is 25.9. The zero-order chi connectivity index (χ0) is 29.7. The van der Waals surface area contributed by atoms with Crippen molar-refractivity contribution in [2.45, 2.75) is 82.5 Å². The second kappa shape index (κ2) is 14.6. The molecule has 1 aliphatic carbocycles. The number of amides is 2. The minimum absolute atomic E-state index is 0. The molecule has 1 spiro atoms. The van der Waals surface area contributed by atoms with E-state index in [1.807, 2.05) is 31.2 Å². The van der Waals surface area contributed by atoms with Gasteiger partial charge in [0.1, 0.15) is 23.1 Å². The van der Waals surface area contributed by atoms with E-state index in [1.54, 1.807) is 29.2 Å². The molecule has 2 aliphatic heterocycles. The third-order valence-electron chi connectivity index (χ3n) is 9.20. The van der Waals surface area contributed by atoms with Crippen molar-refractivity contribution in [2.24, 2.45) is 5.92 Å². The molecule has 2 amide bonds. The molecule has 43 heavy (non-hydrogen) atoms. The summed E-state index contributed by atoms with van der Waals surface area (Å²) in [6.45, 7) is 4.67. The molecule has 2 aromatic carbocycles. The van der Waals surface area contributed by atoms with Crippen LogP contribution in [-0.4, -0.2) is 77.1 Å². The normalized spacial score (nSPS) is 21.6. The molecule has 10 heteroatoms. The SMILES string of the molecule is CCCN1C(=O)[C@@H]([C@H](O)C2CCCCC2)NC(=O)C12CCN(Cc1ccc(Oc3ccc(C(=O)OC)cc3)cc1)CC2.Cl. The van der Waals surface area contributed by atoms with Gasteiger partial charge in [0.25, 0.3) is 0 Å². The van der Waals surface area contributed by atoms with Crippen molar-refractivity contribution in [3.05, 3.63) is 59.7 Å². The molecule has 2 heterocycles. The highest BCUT2D eigenvalue weighted by Gasteiger charge is 2.55. The van der Waals surface area contributed by atoms with Crippen LogP contribution in [0.5, 0.6) is 11.5 Å². The van der Waals surface area contributed by atoms with Gasteiger partial charge in [-0.05, 0) is 80.0 Å². The lowest BCUT2D eigenvalue weighted by Gasteiger charge is -2.52. The molecule has 0 bridgehead atoms. The molecule has 2 saturated heterocycles. The Balaban J connectivity index is 0.00000423. The first kappa shape index (κ1) is 32.8. The first-order chi connectivity index (χ1) is 20.3. The monoisotopic (exact) mass is 613 g/mol. The van der Waals surface area contributed by atoms with Gasteiger partial charge in [-0.3, -0.25) is 14.5 Å². The van der Waals surface area contributed by atoms with E-state index in [0.717, 1.165) is 44.2 Å². The number of carbonyl (C=O) groups is 3. The first-order valence-electron chi connectivity index (χ1n) is 15.3. The van der Waals surface area contributed by atoms with E-state index in [-0.39, 0.29) is 36.1 Å². The molecule has 3 aliphatic rings. The average molecular weight is 614 g/mol. The smallest absolute Gasteiger partial charge is 0.337 e. The van der Waals surface area contributed by atoms with Crippen LogP contribution in [-0.2, 0) is 20.9 Å². The minimum atomic E-state index is -0.854. The summed E-state index contributed by atoms with van der Waals surface area (Å²) in [5, 5.41) is 14.1. The molecule has 0 unspecified atom stereocenters. The molecule has 1 saturated carbocycles. The summed E-state index contributed by atoms with van der Waals surface area (Å²) in [5.41, 5.74) is 0.742. The number of nitrogens with zero attached hydrogens (tertiary/aromatic N) is 2. The predicted molar refractivity (Wildman–Crippen MR) is 165 cm³/mol. The zero-order valence-electron chi connectivity index (χ0n) is 25.1. The van der Waals surface area contributed by atoms with Crippen LogP contribution in [0.1, 0.15) is 74.2 Å². The van der Waals surface area contributed by atoms with Gasteiger partial charge >= 0.3 is 5.97 Å². The number of ether oxygens (including phenoxy) is 2. The van der Waals surface area contributed by atoms with Crippen LogP contribution in [0, 0.1) is 5.92 Å². The largest absolute Gasteiger partial charge is 0.465 e. The predicted octanol–water partition coefficient (Wildman–Crippen LogP) is 4.70.